The summed E-state index contributed by atoms with van der Waals surface area (Å²) in [4.78, 5) is 15.3. The molecule has 6 heteroatoms. The highest BCUT2D eigenvalue weighted by molar-refractivity contribution is 7.89. The normalized spacial score (nSPS) is 25.9. The van der Waals surface area contributed by atoms with Gasteiger partial charge in [-0.2, -0.15) is 0 Å². The van der Waals surface area contributed by atoms with Crippen LogP contribution in [-0.2, 0) is 21.9 Å². The molecule has 5 nitrogen and oxygen atoms in total. The third kappa shape index (κ3) is 2.70. The molecule has 28 heavy (non-hydrogen) atoms. The summed E-state index contributed by atoms with van der Waals surface area (Å²) in [6.07, 6.45) is 1.73. The number of primary sulfonamides is 1. The maximum Gasteiger partial charge on any atom is 0.254 e. The fourth-order valence-corrected chi connectivity index (χ4v) is 5.58. The molecule has 0 aromatic heterocycles. The number of carbonyl (C=O) groups is 1. The minimum atomic E-state index is -3.77. The van der Waals surface area contributed by atoms with Crippen LogP contribution in [0.25, 0.3) is 0 Å². The SMILES string of the molecule is CC1(C)[C@H]2Cc3ccccc3[C@]1(C)CCN2C(=O)c1ccc(S(N)(=O)=O)cc1. The number of likely N-dealkylation sites (tertiary alicyclic amines) is 1. The number of piperidine rings is 1. The molecule has 2 atom stereocenters. The highest BCUT2D eigenvalue weighted by atomic mass is 32.2. The number of nitrogens with two attached hydrogens (primary N) is 1. The van der Waals surface area contributed by atoms with Gasteiger partial charge in [0.15, 0.2) is 0 Å². The van der Waals surface area contributed by atoms with Crippen molar-refractivity contribution in [2.24, 2.45) is 10.6 Å². The minimum Gasteiger partial charge on any atom is -0.335 e. The third-order valence-corrected chi connectivity index (χ3v) is 8.13. The van der Waals surface area contributed by atoms with E-state index in [0.717, 1.165) is 12.8 Å². The van der Waals surface area contributed by atoms with Crippen molar-refractivity contribution in [2.45, 2.75) is 50.0 Å². The number of carbonyl (C=O) groups excluding carboxylic acids is 1. The summed E-state index contributed by atoms with van der Waals surface area (Å²) < 4.78 is 23.0. The van der Waals surface area contributed by atoms with Gasteiger partial charge >= 0.3 is 0 Å². The zero-order valence-corrected chi connectivity index (χ0v) is 17.3. The van der Waals surface area contributed by atoms with E-state index in [0.29, 0.717) is 12.1 Å². The Morgan fingerprint density at radius 2 is 1.71 bits per heavy atom. The molecule has 2 bridgehead atoms. The summed E-state index contributed by atoms with van der Waals surface area (Å²) in [5.74, 6) is -0.0551. The number of nitrogens with zero attached hydrogens (tertiary/aromatic N) is 1. The van der Waals surface area contributed by atoms with Gasteiger partial charge in [-0.1, -0.05) is 45.0 Å². The number of sulfonamides is 1. The van der Waals surface area contributed by atoms with Crippen molar-refractivity contribution in [1.29, 1.82) is 0 Å². The van der Waals surface area contributed by atoms with Crippen molar-refractivity contribution in [1.82, 2.24) is 4.90 Å². The molecule has 148 valence electrons. The monoisotopic (exact) mass is 398 g/mol. The molecule has 2 N–H and O–H groups in total. The molecule has 1 fully saturated rings. The predicted molar refractivity (Wildman–Crippen MR) is 109 cm³/mol. The highest BCUT2D eigenvalue weighted by Crippen LogP contribution is 2.56. The van der Waals surface area contributed by atoms with Gasteiger partial charge in [0.2, 0.25) is 10.0 Å². The molecular formula is C22H26N2O3S. The number of benzene rings is 2. The molecule has 0 saturated carbocycles. The number of rotatable bonds is 2. The van der Waals surface area contributed by atoms with E-state index in [2.05, 4.69) is 45.0 Å². The lowest BCUT2D eigenvalue weighted by atomic mass is 9.51. The van der Waals surface area contributed by atoms with Gasteiger partial charge in [-0.05, 0) is 53.6 Å². The second kappa shape index (κ2) is 6.16. The lowest BCUT2D eigenvalue weighted by Gasteiger charge is -2.60. The first kappa shape index (κ1) is 19.2. The topological polar surface area (TPSA) is 80.5 Å². The highest BCUT2D eigenvalue weighted by Gasteiger charge is 2.56. The van der Waals surface area contributed by atoms with E-state index in [1.165, 1.54) is 23.3 Å². The molecular weight excluding hydrogens is 372 g/mol. The van der Waals surface area contributed by atoms with Crippen molar-refractivity contribution in [3.63, 3.8) is 0 Å². The fraction of sp³-hybridized carbons (Fsp3) is 0.409. The van der Waals surface area contributed by atoms with Crippen molar-refractivity contribution in [2.75, 3.05) is 6.54 Å². The average Bonchev–Trinajstić information content (AvgIpc) is 2.64. The number of hydrogen-bond acceptors (Lipinski definition) is 3. The minimum absolute atomic E-state index is 0.0147. The first-order chi connectivity index (χ1) is 13.1. The molecule has 1 amide bonds. The Morgan fingerprint density at radius 1 is 1.07 bits per heavy atom. The van der Waals surface area contributed by atoms with Gasteiger partial charge in [0.25, 0.3) is 5.91 Å². The molecule has 1 aliphatic carbocycles. The summed E-state index contributed by atoms with van der Waals surface area (Å²) in [6, 6.07) is 14.6. The average molecular weight is 399 g/mol. The fourth-order valence-electron chi connectivity index (χ4n) is 5.07. The molecule has 2 aromatic carbocycles. The van der Waals surface area contributed by atoms with E-state index in [4.69, 9.17) is 5.14 Å². The summed E-state index contributed by atoms with van der Waals surface area (Å²) >= 11 is 0. The number of amides is 1. The molecule has 1 saturated heterocycles. The van der Waals surface area contributed by atoms with Crippen LogP contribution in [0.2, 0.25) is 0 Å². The summed E-state index contributed by atoms with van der Waals surface area (Å²) in [7, 11) is -3.77. The van der Waals surface area contributed by atoms with Crippen LogP contribution in [0.3, 0.4) is 0 Å². The number of fused-ring (bicyclic) bond motifs is 4. The summed E-state index contributed by atoms with van der Waals surface area (Å²) in [5.41, 5.74) is 3.15. The quantitative estimate of drug-likeness (QED) is 0.844. The maximum absolute atomic E-state index is 13.3. The van der Waals surface area contributed by atoms with Gasteiger partial charge < -0.3 is 4.90 Å². The maximum atomic E-state index is 13.3. The Kier molecular flexibility index (Phi) is 4.21. The van der Waals surface area contributed by atoms with E-state index in [9.17, 15) is 13.2 Å². The molecule has 0 radical (unpaired) electrons. The molecule has 0 spiro atoms. The van der Waals surface area contributed by atoms with Crippen molar-refractivity contribution in [3.8, 4) is 0 Å². The summed E-state index contributed by atoms with van der Waals surface area (Å²) in [6.45, 7) is 7.53. The van der Waals surface area contributed by atoms with Crippen LogP contribution in [0, 0.1) is 5.41 Å². The van der Waals surface area contributed by atoms with Gasteiger partial charge in [0.05, 0.1) is 4.90 Å². The van der Waals surface area contributed by atoms with Crippen LogP contribution in [0.15, 0.2) is 53.4 Å². The lowest BCUT2D eigenvalue weighted by Crippen LogP contribution is -2.64. The van der Waals surface area contributed by atoms with Crippen LogP contribution in [0.4, 0.5) is 0 Å². The zero-order valence-electron chi connectivity index (χ0n) is 16.5. The molecule has 2 aromatic rings. The third-order valence-electron chi connectivity index (χ3n) is 7.20. The standard InChI is InChI=1S/C22H26N2O3S/c1-21(2)19-14-16-6-4-5-7-18(16)22(21,3)12-13-24(19)20(25)15-8-10-17(11-9-15)28(23,26)27/h4-11,19H,12-14H2,1-3H3,(H2,23,26,27)/t19-,22+/m1/s1. The van der Waals surface area contributed by atoms with E-state index in [-0.39, 0.29) is 27.7 Å². The van der Waals surface area contributed by atoms with Crippen LogP contribution in [-0.4, -0.2) is 31.8 Å². The molecule has 1 aliphatic heterocycles. The Labute approximate surface area is 166 Å². The predicted octanol–water partition coefficient (Wildman–Crippen LogP) is 3.09. The second-order valence-electron chi connectivity index (χ2n) is 8.75. The van der Waals surface area contributed by atoms with Crippen molar-refractivity contribution in [3.05, 3.63) is 65.2 Å². The van der Waals surface area contributed by atoms with Crippen LogP contribution in [0.1, 0.15) is 48.7 Å². The van der Waals surface area contributed by atoms with Crippen LogP contribution in [0.5, 0.6) is 0 Å². The number of hydrogen-bond donors (Lipinski definition) is 1. The molecule has 2 aliphatic rings. The Bertz CT molecular complexity index is 1040. The van der Waals surface area contributed by atoms with E-state index in [1.54, 1.807) is 12.1 Å². The van der Waals surface area contributed by atoms with Gasteiger partial charge in [-0.25, -0.2) is 13.6 Å². The Hall–Kier alpha value is -2.18. The van der Waals surface area contributed by atoms with Gasteiger partial charge in [0.1, 0.15) is 0 Å². The molecule has 1 heterocycles. The van der Waals surface area contributed by atoms with E-state index < -0.39 is 10.0 Å². The first-order valence-corrected chi connectivity index (χ1v) is 11.1. The van der Waals surface area contributed by atoms with Gasteiger partial charge in [0, 0.05) is 23.6 Å². The first-order valence-electron chi connectivity index (χ1n) is 9.58. The lowest BCUT2D eigenvalue weighted by molar-refractivity contribution is -0.0262. The molecule has 4 rings (SSSR count). The van der Waals surface area contributed by atoms with Gasteiger partial charge in [-0.3, -0.25) is 4.79 Å². The Balaban J connectivity index is 1.70. The van der Waals surface area contributed by atoms with E-state index >= 15 is 0 Å². The zero-order chi connectivity index (χ0) is 20.3. The van der Waals surface area contributed by atoms with E-state index in [1.807, 2.05) is 4.90 Å². The van der Waals surface area contributed by atoms with Crippen LogP contribution >= 0.6 is 0 Å². The molecule has 0 unspecified atom stereocenters. The smallest absolute Gasteiger partial charge is 0.254 e. The van der Waals surface area contributed by atoms with Crippen LogP contribution < -0.4 is 5.14 Å². The largest absolute Gasteiger partial charge is 0.335 e. The van der Waals surface area contributed by atoms with Gasteiger partial charge in [-0.15, -0.1) is 0 Å². The second-order valence-corrected chi connectivity index (χ2v) is 10.3. The van der Waals surface area contributed by atoms with Crippen molar-refractivity contribution < 1.29 is 13.2 Å². The summed E-state index contributed by atoms with van der Waals surface area (Å²) in [5, 5.41) is 5.16. The van der Waals surface area contributed by atoms with Crippen molar-refractivity contribution >= 4 is 15.9 Å². The Morgan fingerprint density at radius 3 is 2.36 bits per heavy atom.